The third-order valence-corrected chi connectivity index (χ3v) is 8.24. The lowest BCUT2D eigenvalue weighted by atomic mass is 10.1. The second-order valence-corrected chi connectivity index (χ2v) is 10.5. The van der Waals surface area contributed by atoms with E-state index in [0.717, 1.165) is 5.75 Å². The Labute approximate surface area is 121 Å². The van der Waals surface area contributed by atoms with Crippen molar-refractivity contribution < 1.29 is 4.74 Å². The van der Waals surface area contributed by atoms with Crippen LogP contribution in [-0.2, 0) is 0 Å². The fraction of sp³-hybridized carbons (Fsp3) is 0.222. The molecule has 1 aliphatic carbocycles. The van der Waals surface area contributed by atoms with Crippen LogP contribution in [0.4, 0.5) is 0 Å². The van der Waals surface area contributed by atoms with E-state index in [1.54, 1.807) is 7.11 Å². The van der Waals surface area contributed by atoms with Crippen molar-refractivity contribution in [2.45, 2.75) is 18.6 Å². The Hall–Kier alpha value is -1.80. The number of rotatable bonds is 3. The zero-order valence-electron chi connectivity index (χ0n) is 12.3. The summed E-state index contributed by atoms with van der Waals surface area (Å²) in [6, 6.07) is 17.2. The summed E-state index contributed by atoms with van der Waals surface area (Å²) in [6.07, 6.45) is 4.65. The molecular weight excluding hydrogens is 260 g/mol. The van der Waals surface area contributed by atoms with E-state index < -0.39 is 8.07 Å². The van der Waals surface area contributed by atoms with Gasteiger partial charge in [0.05, 0.1) is 15.2 Å². The molecule has 2 heteroatoms. The number of hydrogen-bond acceptors (Lipinski definition) is 1. The number of fused-ring (bicyclic) bond motifs is 1. The number of ether oxygens (including phenoxy) is 1. The molecule has 0 amide bonds. The Morgan fingerprint density at radius 3 is 2.45 bits per heavy atom. The molecule has 0 fully saturated rings. The molecule has 3 rings (SSSR count). The zero-order valence-corrected chi connectivity index (χ0v) is 13.3. The third kappa shape index (κ3) is 2.00. The molecule has 0 spiro atoms. The van der Waals surface area contributed by atoms with E-state index in [0.29, 0.717) is 5.54 Å². The van der Waals surface area contributed by atoms with Crippen LogP contribution in [-0.4, -0.2) is 15.2 Å². The molecule has 0 heterocycles. The van der Waals surface area contributed by atoms with E-state index in [1.807, 2.05) is 6.07 Å². The van der Waals surface area contributed by atoms with Crippen molar-refractivity contribution in [3.05, 3.63) is 65.7 Å². The standard InChI is InChI=1S/C18H20OSi/c1-19-16-10-6-7-11-18(16)20(2,3)17-13-12-14-8-4-5-9-15(14)17/h4-13,17H,1-3H3. The molecule has 2 aromatic carbocycles. The maximum Gasteiger partial charge on any atom is 0.118 e. The first-order valence-corrected chi connectivity index (χ1v) is 10.1. The predicted octanol–water partition coefficient (Wildman–Crippen LogP) is 3.96. The summed E-state index contributed by atoms with van der Waals surface area (Å²) >= 11 is 0. The average molecular weight is 280 g/mol. The van der Waals surface area contributed by atoms with Crippen LogP contribution in [0.3, 0.4) is 0 Å². The maximum atomic E-state index is 5.59. The largest absolute Gasteiger partial charge is 0.497 e. The highest BCUT2D eigenvalue weighted by atomic mass is 28.3. The third-order valence-electron chi connectivity index (χ3n) is 4.38. The van der Waals surface area contributed by atoms with Crippen molar-refractivity contribution >= 4 is 19.3 Å². The van der Waals surface area contributed by atoms with Gasteiger partial charge in [-0.25, -0.2) is 0 Å². The van der Waals surface area contributed by atoms with E-state index in [-0.39, 0.29) is 0 Å². The normalized spacial score (nSPS) is 17.1. The lowest BCUT2D eigenvalue weighted by molar-refractivity contribution is 0.418. The Bertz CT molecular complexity index is 658. The minimum atomic E-state index is -1.67. The van der Waals surface area contributed by atoms with E-state index in [1.165, 1.54) is 16.3 Å². The average Bonchev–Trinajstić information content (AvgIpc) is 2.92. The molecular formula is C18H20OSi. The molecule has 0 N–H and O–H groups in total. The van der Waals surface area contributed by atoms with Crippen LogP contribution >= 0.6 is 0 Å². The Morgan fingerprint density at radius 2 is 1.65 bits per heavy atom. The zero-order chi connectivity index (χ0) is 14.2. The van der Waals surface area contributed by atoms with E-state index in [2.05, 4.69) is 67.7 Å². The molecule has 0 saturated heterocycles. The Balaban J connectivity index is 2.08. The monoisotopic (exact) mass is 280 g/mol. The molecule has 20 heavy (non-hydrogen) atoms. The van der Waals surface area contributed by atoms with Crippen LogP contribution in [0.2, 0.25) is 13.1 Å². The first kappa shape index (κ1) is 13.2. The highest BCUT2D eigenvalue weighted by Gasteiger charge is 2.37. The van der Waals surface area contributed by atoms with Gasteiger partial charge in [-0.1, -0.05) is 67.7 Å². The minimum Gasteiger partial charge on any atom is -0.497 e. The quantitative estimate of drug-likeness (QED) is 0.773. The first-order valence-electron chi connectivity index (χ1n) is 7.05. The van der Waals surface area contributed by atoms with Crippen LogP contribution < -0.4 is 9.92 Å². The summed E-state index contributed by atoms with van der Waals surface area (Å²) in [6.45, 7) is 4.86. The molecule has 1 aliphatic rings. The van der Waals surface area contributed by atoms with Gasteiger partial charge in [0.25, 0.3) is 0 Å². The summed E-state index contributed by atoms with van der Waals surface area (Å²) in [5, 5.41) is 1.40. The van der Waals surface area contributed by atoms with E-state index >= 15 is 0 Å². The summed E-state index contributed by atoms with van der Waals surface area (Å²) < 4.78 is 5.59. The maximum absolute atomic E-state index is 5.59. The molecule has 1 unspecified atom stereocenters. The van der Waals surface area contributed by atoms with Crippen LogP contribution in [0.1, 0.15) is 16.7 Å². The van der Waals surface area contributed by atoms with Gasteiger partial charge < -0.3 is 4.74 Å². The number of hydrogen-bond donors (Lipinski definition) is 0. The van der Waals surface area contributed by atoms with Gasteiger partial charge in [-0.2, -0.15) is 0 Å². The number of para-hydroxylation sites is 1. The highest BCUT2D eigenvalue weighted by molar-refractivity contribution is 6.92. The van der Waals surface area contributed by atoms with Crippen molar-refractivity contribution in [3.63, 3.8) is 0 Å². The topological polar surface area (TPSA) is 9.23 Å². The van der Waals surface area contributed by atoms with Gasteiger partial charge in [0, 0.05) is 5.54 Å². The number of methoxy groups -OCH3 is 1. The SMILES string of the molecule is COc1ccccc1[Si](C)(C)C1C=Cc2ccccc21. The van der Waals surface area contributed by atoms with Crippen LogP contribution in [0, 0.1) is 0 Å². The van der Waals surface area contributed by atoms with Crippen molar-refractivity contribution in [1.29, 1.82) is 0 Å². The van der Waals surface area contributed by atoms with Crippen molar-refractivity contribution in [1.82, 2.24) is 0 Å². The smallest absolute Gasteiger partial charge is 0.118 e. The van der Waals surface area contributed by atoms with Crippen molar-refractivity contribution in [2.75, 3.05) is 7.11 Å². The van der Waals surface area contributed by atoms with Gasteiger partial charge in [0.1, 0.15) is 5.75 Å². The van der Waals surface area contributed by atoms with E-state index in [4.69, 9.17) is 4.74 Å². The summed E-state index contributed by atoms with van der Waals surface area (Å²) in [4.78, 5) is 0. The van der Waals surface area contributed by atoms with Crippen molar-refractivity contribution in [2.24, 2.45) is 0 Å². The second kappa shape index (κ2) is 4.95. The number of benzene rings is 2. The van der Waals surface area contributed by atoms with Gasteiger partial charge in [-0.15, -0.1) is 0 Å². The van der Waals surface area contributed by atoms with Gasteiger partial charge >= 0.3 is 0 Å². The molecule has 1 atom stereocenters. The Morgan fingerprint density at radius 1 is 0.950 bits per heavy atom. The molecule has 1 nitrogen and oxygen atoms in total. The fourth-order valence-corrected chi connectivity index (χ4v) is 6.52. The molecule has 0 saturated carbocycles. The van der Waals surface area contributed by atoms with Gasteiger partial charge in [0.15, 0.2) is 0 Å². The van der Waals surface area contributed by atoms with Crippen LogP contribution in [0.25, 0.3) is 6.08 Å². The summed E-state index contributed by atoms with van der Waals surface area (Å²) in [5.74, 6) is 1.03. The van der Waals surface area contributed by atoms with Crippen LogP contribution in [0.15, 0.2) is 54.6 Å². The predicted molar refractivity (Wildman–Crippen MR) is 88.3 cm³/mol. The molecule has 0 aromatic heterocycles. The lowest BCUT2D eigenvalue weighted by Crippen LogP contribution is -2.47. The molecule has 0 radical (unpaired) electrons. The molecule has 0 aliphatic heterocycles. The molecule has 102 valence electrons. The van der Waals surface area contributed by atoms with Gasteiger partial charge in [0.2, 0.25) is 0 Å². The summed E-state index contributed by atoms with van der Waals surface area (Å²) in [7, 11) is 0.0907. The highest BCUT2D eigenvalue weighted by Crippen LogP contribution is 2.37. The summed E-state index contributed by atoms with van der Waals surface area (Å²) in [5.41, 5.74) is 3.36. The molecule has 0 bridgehead atoms. The fourth-order valence-electron chi connectivity index (χ4n) is 3.22. The van der Waals surface area contributed by atoms with Crippen molar-refractivity contribution in [3.8, 4) is 5.75 Å². The lowest BCUT2D eigenvalue weighted by Gasteiger charge is -2.31. The Kier molecular flexibility index (Phi) is 3.26. The second-order valence-electron chi connectivity index (χ2n) is 5.89. The minimum absolute atomic E-state index is 0.523. The van der Waals surface area contributed by atoms with Gasteiger partial charge in [-0.05, 0) is 22.4 Å². The molecule has 2 aromatic rings. The van der Waals surface area contributed by atoms with Crippen LogP contribution in [0.5, 0.6) is 5.75 Å². The first-order chi connectivity index (χ1) is 9.64. The van der Waals surface area contributed by atoms with E-state index in [9.17, 15) is 0 Å². The van der Waals surface area contributed by atoms with Gasteiger partial charge in [-0.3, -0.25) is 0 Å². The number of allylic oxidation sites excluding steroid dienone is 1.